The van der Waals surface area contributed by atoms with Gasteiger partial charge in [-0.15, -0.1) is 0 Å². The maximum atomic E-state index is 11.9. The zero-order valence-electron chi connectivity index (χ0n) is 12.4. The molecular weight excluding hydrogens is 302 g/mol. The third-order valence-corrected chi connectivity index (χ3v) is 4.79. The van der Waals surface area contributed by atoms with E-state index in [0.29, 0.717) is 0 Å². The highest BCUT2D eigenvalue weighted by Crippen LogP contribution is 2.26. The Morgan fingerprint density at radius 3 is 2.59 bits per heavy atom. The summed E-state index contributed by atoms with van der Waals surface area (Å²) in [6.07, 6.45) is 1.26. The monoisotopic (exact) mass is 323 g/mol. The molecule has 22 heavy (non-hydrogen) atoms. The van der Waals surface area contributed by atoms with Crippen LogP contribution in [0, 0.1) is 5.92 Å². The molecule has 6 heteroatoms. The molecule has 1 unspecified atom stereocenters. The van der Waals surface area contributed by atoms with Crippen molar-refractivity contribution in [2.75, 3.05) is 11.5 Å². The highest BCUT2D eigenvalue weighted by Gasteiger charge is 2.27. The first-order valence-electron chi connectivity index (χ1n) is 7.42. The van der Waals surface area contributed by atoms with Gasteiger partial charge >= 0.3 is 12.1 Å². The minimum atomic E-state index is -0.897. The van der Waals surface area contributed by atoms with E-state index in [0.717, 1.165) is 29.9 Å². The first-order chi connectivity index (χ1) is 10.6. The van der Waals surface area contributed by atoms with Crippen molar-refractivity contribution in [3.8, 4) is 0 Å². The molecule has 0 aromatic heterocycles. The van der Waals surface area contributed by atoms with E-state index < -0.39 is 12.1 Å². The smallest absolute Gasteiger partial charge is 0.407 e. The number of carbonyl (C=O) groups excluding carboxylic acids is 1. The number of carbonyl (C=O) groups is 2. The van der Waals surface area contributed by atoms with E-state index in [9.17, 15) is 9.59 Å². The summed E-state index contributed by atoms with van der Waals surface area (Å²) in [7, 11) is 0. The molecule has 1 fully saturated rings. The van der Waals surface area contributed by atoms with Crippen LogP contribution >= 0.6 is 11.8 Å². The van der Waals surface area contributed by atoms with Crippen LogP contribution < -0.4 is 5.32 Å². The molecule has 1 aliphatic rings. The molecule has 1 aromatic rings. The molecule has 1 aliphatic heterocycles. The third kappa shape index (κ3) is 5.60. The van der Waals surface area contributed by atoms with Crippen molar-refractivity contribution in [2.45, 2.75) is 31.9 Å². The minimum Gasteiger partial charge on any atom is -0.481 e. The molecule has 1 saturated heterocycles. The second-order valence-electron chi connectivity index (χ2n) is 5.36. The number of amides is 1. The van der Waals surface area contributed by atoms with E-state index >= 15 is 0 Å². The molecule has 0 saturated carbocycles. The topological polar surface area (TPSA) is 75.6 Å². The fraction of sp³-hybridized carbons (Fsp3) is 0.500. The Morgan fingerprint density at radius 2 is 1.95 bits per heavy atom. The lowest BCUT2D eigenvalue weighted by molar-refractivity contribution is -0.137. The van der Waals surface area contributed by atoms with Gasteiger partial charge in [-0.2, -0.15) is 11.8 Å². The Labute approximate surface area is 134 Å². The molecule has 2 rings (SSSR count). The van der Waals surface area contributed by atoms with Gasteiger partial charge in [-0.05, 0) is 35.8 Å². The number of hydrogen-bond acceptors (Lipinski definition) is 4. The molecule has 1 aromatic carbocycles. The van der Waals surface area contributed by atoms with Gasteiger partial charge in [-0.1, -0.05) is 30.3 Å². The normalized spacial score (nSPS) is 16.7. The number of rotatable bonds is 6. The molecular formula is C16H21NO4S. The van der Waals surface area contributed by atoms with Gasteiger partial charge in [0.25, 0.3) is 0 Å². The standard InChI is InChI=1S/C16H21NO4S/c18-15(19)10-14(13-6-8-22-9-7-13)17-16(20)21-11-12-4-2-1-3-5-12/h1-5,13-14H,6-11H2,(H,17,20)(H,18,19). The van der Waals surface area contributed by atoms with Crippen molar-refractivity contribution in [1.29, 1.82) is 0 Å². The summed E-state index contributed by atoms with van der Waals surface area (Å²) in [5.74, 6) is 1.34. The number of carboxylic acid groups (broad SMARTS) is 1. The number of hydrogen-bond donors (Lipinski definition) is 2. The average Bonchev–Trinajstić information content (AvgIpc) is 2.54. The number of ether oxygens (including phenoxy) is 1. The van der Waals surface area contributed by atoms with Gasteiger partial charge in [0.2, 0.25) is 0 Å². The van der Waals surface area contributed by atoms with Crippen LogP contribution in [-0.2, 0) is 16.1 Å². The Kier molecular flexibility index (Phi) is 6.58. The largest absolute Gasteiger partial charge is 0.481 e. The zero-order chi connectivity index (χ0) is 15.8. The Hall–Kier alpha value is -1.69. The maximum absolute atomic E-state index is 11.9. The molecule has 0 bridgehead atoms. The van der Waals surface area contributed by atoms with Crippen LogP contribution in [0.15, 0.2) is 30.3 Å². The predicted octanol–water partition coefficient (Wildman–Crippen LogP) is 2.90. The number of aliphatic carboxylic acids is 1. The van der Waals surface area contributed by atoms with E-state index in [2.05, 4.69) is 5.32 Å². The SMILES string of the molecule is O=C(O)CC(NC(=O)OCc1ccccc1)C1CCSCC1. The quantitative estimate of drug-likeness (QED) is 0.842. The highest BCUT2D eigenvalue weighted by atomic mass is 32.2. The van der Waals surface area contributed by atoms with E-state index in [-0.39, 0.29) is 25.0 Å². The fourth-order valence-electron chi connectivity index (χ4n) is 2.56. The van der Waals surface area contributed by atoms with Gasteiger partial charge < -0.3 is 15.2 Å². The Bertz CT molecular complexity index is 488. The number of carboxylic acids is 1. The highest BCUT2D eigenvalue weighted by molar-refractivity contribution is 7.99. The number of benzene rings is 1. The van der Waals surface area contributed by atoms with Crippen molar-refractivity contribution in [3.63, 3.8) is 0 Å². The summed E-state index contributed by atoms with van der Waals surface area (Å²) >= 11 is 1.87. The van der Waals surface area contributed by atoms with E-state index in [1.165, 1.54) is 0 Å². The third-order valence-electron chi connectivity index (χ3n) is 3.75. The lowest BCUT2D eigenvalue weighted by atomic mass is 9.91. The molecule has 2 N–H and O–H groups in total. The molecule has 1 heterocycles. The first-order valence-corrected chi connectivity index (χ1v) is 8.57. The zero-order valence-corrected chi connectivity index (χ0v) is 13.2. The van der Waals surface area contributed by atoms with Crippen LogP contribution in [0.3, 0.4) is 0 Å². The summed E-state index contributed by atoms with van der Waals surface area (Å²) < 4.78 is 5.18. The number of nitrogens with one attached hydrogen (secondary N) is 1. The van der Waals surface area contributed by atoms with Crippen molar-refractivity contribution in [1.82, 2.24) is 5.32 Å². The summed E-state index contributed by atoms with van der Waals surface area (Å²) in [6.45, 7) is 0.187. The van der Waals surface area contributed by atoms with Crippen molar-refractivity contribution < 1.29 is 19.4 Å². The van der Waals surface area contributed by atoms with Gasteiger partial charge in [0, 0.05) is 6.04 Å². The van der Waals surface area contributed by atoms with Gasteiger partial charge in [0.05, 0.1) is 6.42 Å². The molecule has 0 radical (unpaired) electrons. The summed E-state index contributed by atoms with van der Waals surface area (Å²) in [5.41, 5.74) is 0.904. The maximum Gasteiger partial charge on any atom is 0.407 e. The van der Waals surface area contributed by atoms with Crippen LogP contribution in [0.5, 0.6) is 0 Å². The van der Waals surface area contributed by atoms with Crippen LogP contribution in [0.1, 0.15) is 24.8 Å². The number of thioether (sulfide) groups is 1. The lowest BCUT2D eigenvalue weighted by Crippen LogP contribution is -2.43. The van der Waals surface area contributed by atoms with Crippen LogP contribution in [0.4, 0.5) is 4.79 Å². The second kappa shape index (κ2) is 8.68. The molecule has 5 nitrogen and oxygen atoms in total. The molecule has 1 amide bonds. The predicted molar refractivity (Wildman–Crippen MR) is 85.9 cm³/mol. The summed E-state index contributed by atoms with van der Waals surface area (Å²) in [6, 6.07) is 9.04. The molecule has 120 valence electrons. The first kappa shape index (κ1) is 16.7. The van der Waals surface area contributed by atoms with Crippen molar-refractivity contribution in [3.05, 3.63) is 35.9 Å². The lowest BCUT2D eigenvalue weighted by Gasteiger charge is -2.29. The van der Waals surface area contributed by atoms with E-state index in [1.54, 1.807) is 0 Å². The Morgan fingerprint density at radius 1 is 1.27 bits per heavy atom. The van der Waals surface area contributed by atoms with Gasteiger partial charge in [-0.3, -0.25) is 4.79 Å². The molecule has 0 spiro atoms. The summed E-state index contributed by atoms with van der Waals surface area (Å²) in [4.78, 5) is 22.9. The molecule has 1 atom stereocenters. The van der Waals surface area contributed by atoms with Gasteiger partial charge in [-0.25, -0.2) is 4.79 Å². The van der Waals surface area contributed by atoms with Gasteiger partial charge in [0.15, 0.2) is 0 Å². The van der Waals surface area contributed by atoms with Gasteiger partial charge in [0.1, 0.15) is 6.61 Å². The minimum absolute atomic E-state index is 0.0598. The van der Waals surface area contributed by atoms with Crippen LogP contribution in [0.2, 0.25) is 0 Å². The van der Waals surface area contributed by atoms with Crippen LogP contribution in [-0.4, -0.2) is 34.7 Å². The van der Waals surface area contributed by atoms with Crippen molar-refractivity contribution >= 4 is 23.8 Å². The Balaban J connectivity index is 1.85. The molecule has 0 aliphatic carbocycles. The second-order valence-corrected chi connectivity index (χ2v) is 6.58. The number of alkyl carbamates (subject to hydrolysis) is 1. The van der Waals surface area contributed by atoms with Crippen molar-refractivity contribution in [2.24, 2.45) is 5.92 Å². The van der Waals surface area contributed by atoms with E-state index in [4.69, 9.17) is 9.84 Å². The van der Waals surface area contributed by atoms with E-state index in [1.807, 2.05) is 42.1 Å². The average molecular weight is 323 g/mol. The summed E-state index contributed by atoms with van der Waals surface area (Å²) in [5, 5.41) is 11.8. The van der Waals surface area contributed by atoms with Crippen LogP contribution in [0.25, 0.3) is 0 Å². The fourth-order valence-corrected chi connectivity index (χ4v) is 3.70.